The first-order valence-corrected chi connectivity index (χ1v) is 3.85. The fourth-order valence-electron chi connectivity index (χ4n) is 0.575. The Labute approximate surface area is 72.8 Å². The molecule has 3 heteroatoms. The third-order valence-electron chi connectivity index (χ3n) is 0.696. The molecule has 0 amide bonds. The lowest BCUT2D eigenvalue weighted by Crippen LogP contribution is -1.95. The molecule has 0 aliphatic carbocycles. The minimum absolute atomic E-state index is 0.287. The quantitative estimate of drug-likeness (QED) is 0.602. The van der Waals surface area contributed by atoms with Crippen LogP contribution >= 0.6 is 24.4 Å². The van der Waals surface area contributed by atoms with Gasteiger partial charge in [0.15, 0.2) is 0 Å². The van der Waals surface area contributed by atoms with E-state index in [0.717, 1.165) is 6.42 Å². The van der Waals surface area contributed by atoms with Crippen molar-refractivity contribution in [3.63, 3.8) is 0 Å². The molecular weight excluding hydrogens is 164 g/mol. The first-order chi connectivity index (χ1) is 4.54. The summed E-state index contributed by atoms with van der Waals surface area (Å²) in [6, 6.07) is 0. The second-order valence-corrected chi connectivity index (χ2v) is 3.05. The Morgan fingerprint density at radius 3 is 1.80 bits per heavy atom. The average molecular weight is 176 g/mol. The monoisotopic (exact) mass is 176 g/mol. The lowest BCUT2D eigenvalue weighted by atomic mass is 10.1. The maximum Gasteiger partial charge on any atom is 0.130 e. The Hall–Kier alpha value is -0.110. The minimum Gasteiger partial charge on any atom is -0.300 e. The lowest BCUT2D eigenvalue weighted by molar-refractivity contribution is -0.117. The fraction of sp³-hybridized carbons (Fsp3) is 0.714. The number of hydrogen-bond donors (Lipinski definition) is 0. The Kier molecular flexibility index (Phi) is 11.2. The molecule has 0 saturated heterocycles. The van der Waals surface area contributed by atoms with Crippen LogP contribution in [0.1, 0.15) is 27.2 Å². The fourth-order valence-corrected chi connectivity index (χ4v) is 0.575. The molecule has 0 heterocycles. The molecule has 58 valence electrons. The summed E-state index contributed by atoms with van der Waals surface area (Å²) in [5.41, 5.74) is 0. The predicted octanol–water partition coefficient (Wildman–Crippen LogP) is 2.64. The summed E-state index contributed by atoms with van der Waals surface area (Å²) in [5.74, 6) is 0.813. The van der Waals surface area contributed by atoms with Gasteiger partial charge >= 0.3 is 0 Å². The first-order valence-electron chi connectivity index (χ1n) is 3.03. The molecule has 0 N–H and O–H groups in total. The molecule has 0 unspecified atom stereocenters. The first kappa shape index (κ1) is 12.6. The summed E-state index contributed by atoms with van der Waals surface area (Å²) in [7, 11) is 0. The van der Waals surface area contributed by atoms with Gasteiger partial charge < -0.3 is 4.79 Å². The Bertz CT molecular complexity index is 124. The zero-order valence-corrected chi connectivity index (χ0v) is 8.14. The zero-order chi connectivity index (χ0) is 8.57. The smallest absolute Gasteiger partial charge is 0.130 e. The van der Waals surface area contributed by atoms with Crippen LogP contribution in [-0.2, 0) is 4.79 Å². The van der Waals surface area contributed by atoms with E-state index in [1.54, 1.807) is 6.92 Å². The molecule has 0 radical (unpaired) electrons. The highest BCUT2D eigenvalue weighted by molar-refractivity contribution is 7.93. The normalized spacial score (nSPS) is 7.60. The van der Waals surface area contributed by atoms with Gasteiger partial charge in [-0.05, 0) is 37.3 Å². The van der Waals surface area contributed by atoms with Crippen molar-refractivity contribution in [3.8, 4) is 0 Å². The number of carbonyl (C=O) groups is 1. The topological polar surface area (TPSA) is 17.1 Å². The van der Waals surface area contributed by atoms with Crippen LogP contribution < -0.4 is 0 Å². The third-order valence-corrected chi connectivity index (χ3v) is 0.696. The van der Waals surface area contributed by atoms with Gasteiger partial charge in [-0.1, -0.05) is 13.8 Å². The van der Waals surface area contributed by atoms with E-state index in [9.17, 15) is 4.79 Å². The molecule has 0 bridgehead atoms. The highest BCUT2D eigenvalue weighted by Gasteiger charge is 1.95. The van der Waals surface area contributed by atoms with Crippen molar-refractivity contribution >= 4 is 34.5 Å². The summed E-state index contributed by atoms with van der Waals surface area (Å²) < 4.78 is 1.92. The predicted molar refractivity (Wildman–Crippen MR) is 50.3 cm³/mol. The van der Waals surface area contributed by atoms with Crippen LogP contribution in [0.2, 0.25) is 0 Å². The number of hydrogen-bond acceptors (Lipinski definition) is 3. The summed E-state index contributed by atoms with van der Waals surface area (Å²) in [4.78, 5) is 10.3. The molecule has 0 rings (SSSR count). The maximum atomic E-state index is 10.3. The van der Waals surface area contributed by atoms with Crippen molar-refractivity contribution in [3.05, 3.63) is 0 Å². The Balaban J connectivity index is 0. The number of rotatable bonds is 2. The Morgan fingerprint density at radius 1 is 1.50 bits per heavy atom. The lowest BCUT2D eigenvalue weighted by Gasteiger charge is -1.95. The van der Waals surface area contributed by atoms with E-state index in [1.807, 2.05) is 18.2 Å². The molecule has 0 aliphatic rings. The molecule has 0 aromatic rings. The van der Waals surface area contributed by atoms with E-state index in [1.165, 1.54) is 0 Å². The zero-order valence-electron chi connectivity index (χ0n) is 6.51. The van der Waals surface area contributed by atoms with Gasteiger partial charge in [-0.3, -0.25) is 0 Å². The summed E-state index contributed by atoms with van der Waals surface area (Å²) >= 11 is 7.92. The van der Waals surface area contributed by atoms with Gasteiger partial charge in [0.2, 0.25) is 0 Å². The van der Waals surface area contributed by atoms with E-state index in [4.69, 9.17) is 0 Å². The second kappa shape index (κ2) is 8.89. The average Bonchev–Trinajstić information content (AvgIpc) is 1.62. The van der Waals surface area contributed by atoms with E-state index < -0.39 is 0 Å². The summed E-state index contributed by atoms with van der Waals surface area (Å²) in [6.07, 6.45) is 0.722. The van der Waals surface area contributed by atoms with Crippen molar-refractivity contribution in [2.45, 2.75) is 27.2 Å². The SMILES string of the molecule is CC(=O)CC(C)C.S=C=S. The molecule has 0 spiro atoms. The van der Waals surface area contributed by atoms with Crippen molar-refractivity contribution in [2.75, 3.05) is 0 Å². The van der Waals surface area contributed by atoms with Crippen LogP contribution in [0, 0.1) is 5.92 Å². The van der Waals surface area contributed by atoms with Crippen LogP contribution in [-0.4, -0.2) is 10.1 Å². The molecule has 10 heavy (non-hydrogen) atoms. The van der Waals surface area contributed by atoms with Gasteiger partial charge in [-0.2, -0.15) is 0 Å². The van der Waals surface area contributed by atoms with Gasteiger partial charge in [-0.15, -0.1) is 0 Å². The third kappa shape index (κ3) is 24.8. The van der Waals surface area contributed by atoms with Gasteiger partial charge in [0.25, 0.3) is 0 Å². The summed E-state index contributed by atoms with van der Waals surface area (Å²) in [5, 5.41) is 0. The molecular formula is C7H12OS2. The maximum absolute atomic E-state index is 10.3. The van der Waals surface area contributed by atoms with Crippen LogP contribution in [0.15, 0.2) is 0 Å². The number of carbonyl (C=O) groups excluding carboxylic acids is 1. The molecule has 0 saturated carbocycles. The molecule has 0 aromatic heterocycles. The highest BCUT2D eigenvalue weighted by atomic mass is 32.1. The highest BCUT2D eigenvalue weighted by Crippen LogP contribution is 1.97. The van der Waals surface area contributed by atoms with Crippen LogP contribution in [0.25, 0.3) is 0 Å². The van der Waals surface area contributed by atoms with Gasteiger partial charge in [-0.25, -0.2) is 0 Å². The second-order valence-electron chi connectivity index (χ2n) is 2.38. The Morgan fingerprint density at radius 2 is 1.80 bits per heavy atom. The van der Waals surface area contributed by atoms with Gasteiger partial charge in [0.05, 0.1) is 0 Å². The summed E-state index contributed by atoms with van der Waals surface area (Å²) in [6.45, 7) is 5.71. The molecule has 0 fully saturated rings. The van der Waals surface area contributed by atoms with E-state index >= 15 is 0 Å². The number of thiocarbonyl (C=S) groups is 2. The van der Waals surface area contributed by atoms with Crippen molar-refractivity contribution in [1.29, 1.82) is 0 Å². The van der Waals surface area contributed by atoms with E-state index in [2.05, 4.69) is 24.4 Å². The van der Waals surface area contributed by atoms with Crippen molar-refractivity contribution < 1.29 is 4.79 Å². The standard InChI is InChI=1S/C6H12O.CS2/c1-5(2)4-6(3)7;2-1-3/h5H,4H2,1-3H3;. The molecule has 1 nitrogen and oxygen atoms in total. The largest absolute Gasteiger partial charge is 0.300 e. The minimum atomic E-state index is 0.287. The molecule has 0 aliphatic heterocycles. The molecule has 0 atom stereocenters. The van der Waals surface area contributed by atoms with E-state index in [-0.39, 0.29) is 5.78 Å². The van der Waals surface area contributed by atoms with Gasteiger partial charge in [0, 0.05) is 10.7 Å². The van der Waals surface area contributed by atoms with Gasteiger partial charge in [0.1, 0.15) is 5.78 Å². The number of ketones is 1. The van der Waals surface area contributed by atoms with Crippen molar-refractivity contribution in [2.24, 2.45) is 5.92 Å². The number of Topliss-reactive ketones (excluding diaryl/α,β-unsaturated/α-hetero) is 1. The van der Waals surface area contributed by atoms with Crippen molar-refractivity contribution in [1.82, 2.24) is 0 Å². The van der Waals surface area contributed by atoms with Crippen LogP contribution in [0.5, 0.6) is 0 Å². The molecule has 0 aromatic carbocycles. The van der Waals surface area contributed by atoms with Crippen LogP contribution in [0.4, 0.5) is 0 Å². The van der Waals surface area contributed by atoms with E-state index in [0.29, 0.717) is 5.92 Å². The van der Waals surface area contributed by atoms with Crippen LogP contribution in [0.3, 0.4) is 0 Å².